The van der Waals surface area contributed by atoms with Gasteiger partial charge in [0.2, 0.25) is 0 Å². The third-order valence-electron chi connectivity index (χ3n) is 25.0. The van der Waals surface area contributed by atoms with Crippen LogP contribution in [0.4, 0.5) is 17.3 Å². The van der Waals surface area contributed by atoms with Gasteiger partial charge in [-0.25, -0.2) is 0 Å². The van der Waals surface area contributed by atoms with E-state index >= 15 is 0 Å². The van der Waals surface area contributed by atoms with Crippen molar-refractivity contribution < 1.29 is 193 Å². The molecule has 0 spiro atoms. The molecule has 0 unspecified atom stereocenters. The molecule has 0 N–H and O–H groups in total. The molecule has 1 aliphatic carbocycles. The van der Waals surface area contributed by atoms with Gasteiger partial charge in [-0.3, -0.25) is 0 Å². The van der Waals surface area contributed by atoms with Gasteiger partial charge >= 0.3 is 7.25 Å². The van der Waals surface area contributed by atoms with Crippen LogP contribution in [0.2, 0.25) is 0 Å². The second-order valence-electron chi connectivity index (χ2n) is 32.7. The minimum absolute atomic E-state index is 0. The quantitative estimate of drug-likeness (QED) is 0.0198. The van der Waals surface area contributed by atoms with Gasteiger partial charge in [0.25, 0.3) is 0 Å². The van der Waals surface area contributed by atoms with Crippen LogP contribution in [0.25, 0.3) is 0 Å². The molecule has 134 heavy (non-hydrogen) atoms. The molecule has 0 aromatic heterocycles. The Kier molecular flexibility index (Phi) is 47.7. The average Bonchev–Trinajstić information content (AvgIpc) is 0.768. The van der Waals surface area contributed by atoms with E-state index in [0.717, 1.165) is 21.2 Å². The van der Waals surface area contributed by atoms with Gasteiger partial charge in [-0.1, -0.05) is 146 Å². The summed E-state index contributed by atoms with van der Waals surface area (Å²) in [6, 6.07) is 41.2. The van der Waals surface area contributed by atoms with E-state index in [4.69, 9.17) is 156 Å². The van der Waals surface area contributed by atoms with E-state index < -0.39 is 238 Å². The van der Waals surface area contributed by atoms with Crippen LogP contribution < -0.4 is 21.2 Å². The van der Waals surface area contributed by atoms with Crippen LogP contribution in [-0.2, 0) is 176 Å². The molecule has 21 saturated heterocycles. The van der Waals surface area contributed by atoms with Gasteiger partial charge in [0.1, 0.15) is 159 Å². The number of ether oxygens (including phenoxy) is 33. The van der Waals surface area contributed by atoms with Gasteiger partial charge in [0.15, 0.2) is 44.0 Å². The van der Waals surface area contributed by atoms with Crippen LogP contribution >= 0.6 is 15.8 Å². The summed E-state index contributed by atoms with van der Waals surface area (Å²) in [6.07, 6.45) is -22.0. The third kappa shape index (κ3) is 28.3. The smallest absolute Gasteiger partial charge is 0.418 e. The molecule has 759 valence electrons. The van der Waals surface area contributed by atoms with Crippen LogP contribution in [0.5, 0.6) is 0 Å². The van der Waals surface area contributed by atoms with Crippen molar-refractivity contribution in [3.8, 4) is 0 Å². The molecule has 14 bridgehead atoms. The Morgan fingerprint density at radius 1 is 0.224 bits per heavy atom. The van der Waals surface area contributed by atoms with E-state index in [9.17, 15) is 17.3 Å². The van der Waals surface area contributed by atoms with E-state index in [2.05, 4.69) is 72.8 Å². The summed E-state index contributed by atoms with van der Waals surface area (Å²) >= 11 is 0. The first-order chi connectivity index (χ1) is 64.7. The Morgan fingerprint density at radius 3 is 0.507 bits per heavy atom. The first-order valence-corrected chi connectivity index (χ1v) is 47.7. The molecule has 22 aliphatic rings. The average molecular weight is 2040 g/mol. The van der Waals surface area contributed by atoms with Crippen molar-refractivity contribution >= 4 is 44.3 Å². The molecule has 4 aromatic carbocycles. The number of methoxy groups -OCH3 is 19. The number of allylic oxidation sites excluding steroid dienone is 4. The van der Waals surface area contributed by atoms with Crippen molar-refractivity contribution in [2.45, 2.75) is 241 Å². The molecule has 41 heteroatoms. The van der Waals surface area contributed by atoms with E-state index in [1.54, 1.807) is 78.2 Å². The molecule has 4 aromatic rings. The van der Waals surface area contributed by atoms with Crippen molar-refractivity contribution in [2.75, 3.05) is 180 Å². The van der Waals surface area contributed by atoms with Gasteiger partial charge in [-0.2, -0.15) is 0 Å². The molecular formula is C93H138BF4O33P2Rh-. The van der Waals surface area contributed by atoms with Gasteiger partial charge in [0.05, 0.1) is 45.2 Å². The Balaban J connectivity index is 0.00000123. The maximum Gasteiger partial charge on any atom is 0.673 e. The number of hydrogen-bond acceptors (Lipinski definition) is 33. The third-order valence-corrected chi connectivity index (χ3v) is 30.1. The topological polar surface area (TPSA) is 305 Å². The second kappa shape index (κ2) is 57.0. The molecule has 33 nitrogen and oxygen atoms in total. The normalized spacial score (nSPS) is 37.7. The van der Waals surface area contributed by atoms with E-state index in [1.807, 2.05) is 72.8 Å². The number of benzene rings is 4. The SMILES string of the molecule is C1=C\CC/C=C\CC/1.COC[C@H]1O[C@@H]2O[C@H]3[C@H](OC)[C@H](OC)[C@@H](O[C@H]4[C@H](OC)[C@@H](OC)[C@@H](O[C@H]5[C@H](OC)[C@@H](OC)[C@@H](O[C@H]6[C@H](OC)[C@@H](OC)[C@@H](O[C@H]7[C@H](OC)[C@@H](OC)[C@@H](O[C@H]8[C@H](OC)[C@@H](OC)[C@@H](O[C@H]1[C@H](OC)[C@@H]2OC)O[C@@H]8COC)O[C@@H]7COC)O[C@@H]6COC)O[C@@H]5COC)O[C@@H]4CP(c1ccccc1)c1ccccc1)O[C@@H]3CP(c1ccccc1)c1ccccc1.F[B-](F)(F)F.[Rh]. The molecule has 1 radical (unpaired) electrons. The van der Waals surface area contributed by atoms with E-state index in [1.165, 1.54) is 82.6 Å². The molecule has 26 rings (SSSR count). The summed E-state index contributed by atoms with van der Waals surface area (Å²) in [4.78, 5) is 0. The van der Waals surface area contributed by atoms with E-state index in [-0.39, 0.29) is 52.5 Å². The number of rotatable bonds is 32. The number of halogens is 4. The molecule has 21 fully saturated rings. The van der Waals surface area contributed by atoms with Crippen molar-refractivity contribution in [2.24, 2.45) is 0 Å². The van der Waals surface area contributed by atoms with Gasteiger partial charge in [-0.05, 0) is 62.7 Å². The van der Waals surface area contributed by atoms with Crippen molar-refractivity contribution in [3.63, 3.8) is 0 Å². The summed E-state index contributed by atoms with van der Waals surface area (Å²) in [5, 5.41) is 4.27. The maximum atomic E-state index is 9.75. The fourth-order valence-corrected chi connectivity index (χ4v) is 23.8. The van der Waals surface area contributed by atoms with Crippen molar-refractivity contribution in [1.82, 2.24) is 0 Å². The van der Waals surface area contributed by atoms with Gasteiger partial charge in [-0.15, -0.1) is 0 Å². The molecule has 21 aliphatic heterocycles. The maximum absolute atomic E-state index is 9.75. The van der Waals surface area contributed by atoms with E-state index in [0.29, 0.717) is 12.3 Å². The predicted molar refractivity (Wildman–Crippen MR) is 480 cm³/mol. The summed E-state index contributed by atoms with van der Waals surface area (Å²) < 4.78 is 262. The Labute approximate surface area is 800 Å². The standard InChI is InChI=1S/C85H126O33P2.C8H12.BF4.Rh/c1-86-40-51-58-65(91-6)72(98-13)79(105-51)113-59-52(41-87-2)107-81(74(100-15)66(59)92-7)115-61-54(43-89-4)109-83(76(102-17)68(61)94-9)117-63-56(45-119(47-32-24-20-25-33-47)48-34-26-21-27-35-48)111-85(78(104-19)70(63)96-11)118-64-57(46-120(49-36-28-22-29-37-49)50-38-30-23-31-39-50)110-84(77(103-18)71(64)97-12)116-62-55(44-90-5)108-82(75(101-16)69(62)95-10)114-60-53(42-88-3)106-80(112-58)73(99-14)67(60)93-8;1-2-4-6-8-7-5-3-1;2-1(3,4)5;/h20-39,51-85H,40-46H2,1-19H3;1-2,7-8H,3-6H2;;/q;;-1;/b;2-1-,8-7-;;/t51-,52-,53-,54-,55-,56-,57-,58-,59-,60-,61-,62-,63-,64-,65+,66+,67+,68+,69+,70+,71+,72-,73-,74-,75-,76+,77-,78+,79-,80-,81-,82-,83-,84-,85-;;;/m1.../s1. The summed E-state index contributed by atoms with van der Waals surface area (Å²) in [5.41, 5.74) is 0. The minimum Gasteiger partial charge on any atom is -0.418 e. The van der Waals surface area contributed by atoms with Crippen LogP contribution in [0, 0.1) is 0 Å². The Morgan fingerprint density at radius 2 is 0.366 bits per heavy atom. The zero-order valence-corrected chi connectivity index (χ0v) is 83.1. The minimum atomic E-state index is -6.00. The van der Waals surface area contributed by atoms with Gasteiger partial charge in [0, 0.05) is 167 Å². The molecule has 0 saturated carbocycles. The zero-order valence-electron chi connectivity index (χ0n) is 79.6. The summed E-state index contributed by atoms with van der Waals surface area (Å²) in [7, 11) is 20.9. The fraction of sp³-hybridized carbons (Fsp3) is 0.699. The van der Waals surface area contributed by atoms with Crippen molar-refractivity contribution in [3.05, 3.63) is 146 Å². The van der Waals surface area contributed by atoms with Crippen LogP contribution in [0.1, 0.15) is 25.7 Å². The summed E-state index contributed by atoms with van der Waals surface area (Å²) in [5.74, 6) is 0. The fourth-order valence-electron chi connectivity index (χ4n) is 18.9. The predicted octanol–water partition coefficient (Wildman–Crippen LogP) is 7.45. The largest absolute Gasteiger partial charge is 0.673 e. The Hall–Kier alpha value is -3.69. The van der Waals surface area contributed by atoms with Crippen LogP contribution in [-0.4, -0.2) is 403 Å². The van der Waals surface area contributed by atoms with Crippen molar-refractivity contribution in [1.29, 1.82) is 0 Å². The summed E-state index contributed by atoms with van der Waals surface area (Å²) in [6.45, 7) is -0.232. The Bertz CT molecular complexity index is 3730. The monoisotopic (exact) mass is 2030 g/mol. The molecular weight excluding hydrogens is 1900 g/mol. The number of hydrogen-bond donors (Lipinski definition) is 0. The van der Waals surface area contributed by atoms with Crippen LogP contribution in [0.15, 0.2) is 146 Å². The first kappa shape index (κ1) is 112. The molecule has 0 amide bonds. The van der Waals surface area contributed by atoms with Crippen LogP contribution in [0.3, 0.4) is 0 Å². The molecule has 35 atom stereocenters. The van der Waals surface area contributed by atoms with Gasteiger partial charge < -0.3 is 174 Å². The molecule has 21 heterocycles. The second-order valence-corrected chi connectivity index (χ2v) is 37.3. The zero-order chi connectivity index (χ0) is 95.3. The first-order valence-electron chi connectivity index (χ1n) is 44.6.